The number of methoxy groups -OCH3 is 1. The molecule has 0 spiro atoms. The first-order valence-electron chi connectivity index (χ1n) is 7.29. The van der Waals surface area contributed by atoms with E-state index in [-0.39, 0.29) is 29.2 Å². The first-order chi connectivity index (χ1) is 11.6. The molecule has 0 fully saturated rings. The molecule has 0 saturated carbocycles. The van der Waals surface area contributed by atoms with E-state index in [1.54, 1.807) is 20.8 Å². The van der Waals surface area contributed by atoms with E-state index in [1.165, 1.54) is 18.2 Å². The minimum absolute atomic E-state index is 0.00989. The molecule has 0 atom stereocenters. The smallest absolute Gasteiger partial charge is 0.354 e. The topological polar surface area (TPSA) is 128 Å². The highest BCUT2D eigenvalue weighted by Crippen LogP contribution is 2.17. The Kier molecular flexibility index (Phi) is 6.49. The number of nitrogens with zero attached hydrogens (tertiary/aromatic N) is 2. The number of non-ortho nitro benzene ring substituents is 1. The number of nitrogens with one attached hydrogen (secondary N) is 1. The van der Waals surface area contributed by atoms with Crippen molar-refractivity contribution in [2.24, 2.45) is 10.5 Å². The molecule has 9 nitrogen and oxygen atoms in total. The third-order valence-electron chi connectivity index (χ3n) is 3.20. The first-order valence-corrected chi connectivity index (χ1v) is 7.29. The van der Waals surface area contributed by atoms with Crippen LogP contribution in [-0.2, 0) is 14.3 Å². The maximum atomic E-state index is 12.1. The zero-order valence-corrected chi connectivity index (χ0v) is 14.4. The highest BCUT2D eigenvalue weighted by Gasteiger charge is 2.26. The van der Waals surface area contributed by atoms with Gasteiger partial charge in [-0.25, -0.2) is 10.2 Å². The third-order valence-corrected chi connectivity index (χ3v) is 3.20. The maximum Gasteiger partial charge on any atom is 0.354 e. The number of esters is 1. The summed E-state index contributed by atoms with van der Waals surface area (Å²) in [6.07, 6.45) is -0.314. The van der Waals surface area contributed by atoms with E-state index in [9.17, 15) is 24.5 Å². The summed E-state index contributed by atoms with van der Waals surface area (Å²) in [5.41, 5.74) is 0.886. The Morgan fingerprint density at radius 1 is 1.28 bits per heavy atom. The number of hydrogen-bond donors (Lipinski definition) is 1. The van der Waals surface area contributed by atoms with Crippen LogP contribution in [0.25, 0.3) is 0 Å². The fourth-order valence-electron chi connectivity index (χ4n) is 1.64. The highest BCUT2D eigenvalue weighted by atomic mass is 16.6. The number of carbonyl (C=O) groups is 3. The molecule has 1 N–H and O–H groups in total. The molecule has 1 aromatic carbocycles. The van der Waals surface area contributed by atoms with Gasteiger partial charge in [0.1, 0.15) is 5.78 Å². The normalized spacial score (nSPS) is 11.6. The van der Waals surface area contributed by atoms with Gasteiger partial charge in [-0.15, -0.1) is 0 Å². The minimum atomic E-state index is -0.850. The lowest BCUT2D eigenvalue weighted by Crippen LogP contribution is -2.30. The van der Waals surface area contributed by atoms with Crippen LogP contribution < -0.4 is 5.43 Å². The lowest BCUT2D eigenvalue weighted by atomic mass is 9.88. The van der Waals surface area contributed by atoms with Gasteiger partial charge in [0.25, 0.3) is 11.6 Å². The molecule has 0 aliphatic carbocycles. The molecule has 25 heavy (non-hydrogen) atoms. The van der Waals surface area contributed by atoms with Crippen molar-refractivity contribution in [2.75, 3.05) is 7.11 Å². The third kappa shape index (κ3) is 5.79. The predicted octanol–water partition coefficient (Wildman–Crippen LogP) is 1.86. The number of nitro benzene ring substituents is 1. The number of nitro groups is 1. The van der Waals surface area contributed by atoms with Gasteiger partial charge < -0.3 is 4.74 Å². The van der Waals surface area contributed by atoms with Crippen LogP contribution in [0.5, 0.6) is 0 Å². The van der Waals surface area contributed by atoms with E-state index in [0.29, 0.717) is 0 Å². The summed E-state index contributed by atoms with van der Waals surface area (Å²) in [5, 5.41) is 14.4. The Balaban J connectivity index is 2.98. The van der Waals surface area contributed by atoms with Gasteiger partial charge in [-0.05, 0) is 6.07 Å². The molecule has 0 radical (unpaired) electrons. The summed E-state index contributed by atoms with van der Waals surface area (Å²) in [7, 11) is 1.13. The second-order valence-electron chi connectivity index (χ2n) is 6.15. The average Bonchev–Trinajstić information content (AvgIpc) is 2.56. The fraction of sp³-hybridized carbons (Fsp3) is 0.375. The van der Waals surface area contributed by atoms with Crippen LogP contribution in [0.2, 0.25) is 0 Å². The van der Waals surface area contributed by atoms with Crippen molar-refractivity contribution in [3.63, 3.8) is 0 Å². The number of amides is 1. The number of hydrogen-bond acceptors (Lipinski definition) is 7. The predicted molar refractivity (Wildman–Crippen MR) is 89.1 cm³/mol. The van der Waals surface area contributed by atoms with Crippen molar-refractivity contribution in [1.29, 1.82) is 0 Å². The van der Waals surface area contributed by atoms with Crippen LogP contribution in [0.3, 0.4) is 0 Å². The second-order valence-corrected chi connectivity index (χ2v) is 6.15. The number of hydrazone groups is 1. The molecule has 0 saturated heterocycles. The van der Waals surface area contributed by atoms with Crippen molar-refractivity contribution in [1.82, 2.24) is 5.43 Å². The molecule has 1 amide bonds. The summed E-state index contributed by atoms with van der Waals surface area (Å²) in [6.45, 7) is 5.06. The van der Waals surface area contributed by atoms with Gasteiger partial charge in [-0.3, -0.25) is 19.7 Å². The number of rotatable bonds is 6. The quantitative estimate of drug-likeness (QED) is 0.361. The van der Waals surface area contributed by atoms with Crippen LogP contribution in [0.15, 0.2) is 29.4 Å². The molecule has 1 rings (SSSR count). The molecular weight excluding hydrogens is 330 g/mol. The lowest BCUT2D eigenvalue weighted by molar-refractivity contribution is -0.384. The minimum Gasteiger partial charge on any atom is -0.464 e. The molecule has 0 aliphatic rings. The Labute approximate surface area is 144 Å². The van der Waals surface area contributed by atoms with Crippen LogP contribution in [0.4, 0.5) is 5.69 Å². The van der Waals surface area contributed by atoms with E-state index in [4.69, 9.17) is 0 Å². The fourth-order valence-corrected chi connectivity index (χ4v) is 1.64. The number of ketones is 1. The Hall–Kier alpha value is -3.10. The van der Waals surface area contributed by atoms with Gasteiger partial charge in [0.15, 0.2) is 5.71 Å². The van der Waals surface area contributed by atoms with Crippen LogP contribution >= 0.6 is 0 Å². The van der Waals surface area contributed by atoms with E-state index in [0.717, 1.165) is 13.2 Å². The molecule has 0 bridgehead atoms. The molecule has 1 aromatic rings. The summed E-state index contributed by atoms with van der Waals surface area (Å²) in [4.78, 5) is 45.9. The van der Waals surface area contributed by atoms with E-state index < -0.39 is 22.2 Å². The van der Waals surface area contributed by atoms with E-state index in [2.05, 4.69) is 15.3 Å². The van der Waals surface area contributed by atoms with Crippen LogP contribution in [-0.4, -0.2) is 35.4 Å². The van der Waals surface area contributed by atoms with Gasteiger partial charge >= 0.3 is 5.97 Å². The zero-order chi connectivity index (χ0) is 19.2. The van der Waals surface area contributed by atoms with Crippen molar-refractivity contribution >= 4 is 29.1 Å². The van der Waals surface area contributed by atoms with E-state index in [1.807, 2.05) is 0 Å². The van der Waals surface area contributed by atoms with Gasteiger partial charge in [-0.2, -0.15) is 5.10 Å². The van der Waals surface area contributed by atoms with Crippen molar-refractivity contribution in [2.45, 2.75) is 27.2 Å². The summed E-state index contributed by atoms with van der Waals surface area (Å²) >= 11 is 0. The standard InChI is InChI=1S/C16H19N3O6/c1-16(2,3)13(20)9-12(15(22)25-4)17-18-14(21)10-6-5-7-11(8-10)19(23)24/h5-8H,9H2,1-4H3,(H,18,21). The van der Waals surface area contributed by atoms with Gasteiger partial charge in [0.05, 0.1) is 18.5 Å². The molecule has 0 heterocycles. The lowest BCUT2D eigenvalue weighted by Gasteiger charge is -2.16. The SMILES string of the molecule is COC(=O)C(CC(=O)C(C)(C)C)=NNC(=O)c1cccc([N+](=O)[O-])c1. The molecule has 9 heteroatoms. The molecule has 134 valence electrons. The Morgan fingerprint density at radius 2 is 1.92 bits per heavy atom. The van der Waals surface area contributed by atoms with Gasteiger partial charge in [0, 0.05) is 23.1 Å². The van der Waals surface area contributed by atoms with Gasteiger partial charge in [-0.1, -0.05) is 26.8 Å². The number of ether oxygens (including phenoxy) is 1. The van der Waals surface area contributed by atoms with Crippen LogP contribution in [0, 0.1) is 15.5 Å². The largest absolute Gasteiger partial charge is 0.464 e. The second kappa shape index (κ2) is 8.13. The number of Topliss-reactive ketones (excluding diaryl/α,β-unsaturated/α-hetero) is 1. The summed E-state index contributed by atoms with van der Waals surface area (Å²) in [5.74, 6) is -1.87. The van der Waals surface area contributed by atoms with Crippen molar-refractivity contribution < 1.29 is 24.0 Å². The highest BCUT2D eigenvalue weighted by molar-refractivity contribution is 6.40. The average molecular weight is 349 g/mol. The van der Waals surface area contributed by atoms with Gasteiger partial charge in [0.2, 0.25) is 0 Å². The summed E-state index contributed by atoms with van der Waals surface area (Å²) in [6, 6.07) is 5.02. The number of carbonyl (C=O) groups excluding carboxylic acids is 3. The molecular formula is C16H19N3O6. The summed E-state index contributed by atoms with van der Waals surface area (Å²) < 4.78 is 4.55. The maximum absolute atomic E-state index is 12.1. The van der Waals surface area contributed by atoms with Crippen molar-refractivity contribution in [3.05, 3.63) is 39.9 Å². The van der Waals surface area contributed by atoms with Crippen LogP contribution in [0.1, 0.15) is 37.6 Å². The first kappa shape index (κ1) is 19.9. The zero-order valence-electron chi connectivity index (χ0n) is 14.4. The van der Waals surface area contributed by atoms with Crippen molar-refractivity contribution in [3.8, 4) is 0 Å². The Morgan fingerprint density at radius 3 is 2.44 bits per heavy atom. The molecule has 0 aliphatic heterocycles. The molecule has 0 unspecified atom stereocenters. The number of benzene rings is 1. The van der Waals surface area contributed by atoms with E-state index >= 15 is 0 Å². The Bertz CT molecular complexity index is 734. The molecule has 0 aromatic heterocycles. The monoisotopic (exact) mass is 349 g/mol.